The predicted octanol–water partition coefficient (Wildman–Crippen LogP) is 4.28. The van der Waals surface area contributed by atoms with Crippen molar-refractivity contribution in [3.8, 4) is 0 Å². The summed E-state index contributed by atoms with van der Waals surface area (Å²) in [4.78, 5) is 0. The van der Waals surface area contributed by atoms with Crippen molar-refractivity contribution < 1.29 is 9.53 Å². The Bertz CT molecular complexity index is 258. The van der Waals surface area contributed by atoms with Gasteiger partial charge in [0.1, 0.15) is 0 Å². The van der Waals surface area contributed by atoms with E-state index in [9.17, 15) is 0 Å². The first-order valence-electron chi connectivity index (χ1n) is 6.88. The van der Waals surface area contributed by atoms with Gasteiger partial charge in [0, 0.05) is 0 Å². The van der Waals surface area contributed by atoms with Crippen molar-refractivity contribution in [1.29, 1.82) is 0 Å². The first kappa shape index (κ1) is 17.6. The van der Waals surface area contributed by atoms with E-state index < -0.39 is 8.32 Å². The number of hydrogen-bond donors (Lipinski definition) is 1. The van der Waals surface area contributed by atoms with E-state index in [-0.39, 0.29) is 6.61 Å². The second-order valence-electron chi connectivity index (χ2n) is 5.85. The van der Waals surface area contributed by atoms with Gasteiger partial charge in [-0.1, -0.05) is 60.3 Å². The van der Waals surface area contributed by atoms with Crippen LogP contribution in [0.3, 0.4) is 0 Å². The van der Waals surface area contributed by atoms with Gasteiger partial charge in [0.2, 0.25) is 8.32 Å². The van der Waals surface area contributed by atoms with Crippen LogP contribution >= 0.6 is 0 Å². The Morgan fingerprint density at radius 1 is 1.11 bits per heavy atom. The number of hydrogen-bond acceptors (Lipinski definition) is 2. The fourth-order valence-corrected chi connectivity index (χ4v) is 8.42. The Kier molecular flexibility index (Phi) is 7.75. The molecule has 0 atom stereocenters. The van der Waals surface area contributed by atoms with E-state index in [2.05, 4.69) is 48.1 Å². The molecule has 0 spiro atoms. The zero-order valence-corrected chi connectivity index (χ0v) is 13.9. The Labute approximate surface area is 114 Å². The van der Waals surface area contributed by atoms with Gasteiger partial charge in [0.25, 0.3) is 0 Å². The molecule has 1 N–H and O–H groups in total. The second-order valence-corrected chi connectivity index (χ2v) is 11.3. The van der Waals surface area contributed by atoms with Gasteiger partial charge in [-0.25, -0.2) is 0 Å². The maximum absolute atomic E-state index is 8.75. The zero-order chi connectivity index (χ0) is 14.3. The van der Waals surface area contributed by atoms with E-state index in [4.69, 9.17) is 9.53 Å². The summed E-state index contributed by atoms with van der Waals surface area (Å²) in [6.07, 6.45) is 3.55. The Morgan fingerprint density at radius 2 is 1.56 bits per heavy atom. The minimum atomic E-state index is -1.79. The van der Waals surface area contributed by atoms with Crippen LogP contribution < -0.4 is 0 Å². The molecule has 0 aromatic rings. The smallest absolute Gasteiger partial charge is 0.200 e. The van der Waals surface area contributed by atoms with Crippen LogP contribution in [-0.2, 0) is 4.43 Å². The van der Waals surface area contributed by atoms with E-state index in [1.54, 1.807) is 6.08 Å². The third kappa shape index (κ3) is 4.37. The maximum Gasteiger partial charge on any atom is 0.200 e. The summed E-state index contributed by atoms with van der Waals surface area (Å²) in [5.41, 5.74) is 2.70. The quantitative estimate of drug-likeness (QED) is 0.527. The van der Waals surface area contributed by atoms with E-state index in [1.165, 1.54) is 0 Å². The van der Waals surface area contributed by atoms with Crippen molar-refractivity contribution in [3.63, 3.8) is 0 Å². The average molecular weight is 270 g/mol. The summed E-state index contributed by atoms with van der Waals surface area (Å²) in [5.74, 6) is 0. The summed E-state index contributed by atoms with van der Waals surface area (Å²) in [6.45, 7) is 18.3. The molecule has 2 nitrogen and oxygen atoms in total. The summed E-state index contributed by atoms with van der Waals surface area (Å²) < 4.78 is 6.38. The van der Waals surface area contributed by atoms with Crippen LogP contribution in [0.1, 0.15) is 41.5 Å². The number of aliphatic hydroxyl groups excluding tert-OH is 1. The first-order valence-corrected chi connectivity index (χ1v) is 9.02. The Hall–Kier alpha value is -0.383. The fourth-order valence-electron chi connectivity index (χ4n) is 2.99. The monoisotopic (exact) mass is 270 g/mol. The molecule has 0 fully saturated rings. The molecule has 0 aromatic carbocycles. The lowest BCUT2D eigenvalue weighted by Gasteiger charge is -2.42. The van der Waals surface area contributed by atoms with Crippen molar-refractivity contribution in [2.45, 2.75) is 58.2 Å². The highest BCUT2D eigenvalue weighted by atomic mass is 28.4. The maximum atomic E-state index is 8.75. The third-order valence-corrected chi connectivity index (χ3v) is 9.73. The van der Waals surface area contributed by atoms with Gasteiger partial charge >= 0.3 is 0 Å². The summed E-state index contributed by atoms with van der Waals surface area (Å²) in [5, 5.41) is 8.75. The van der Waals surface area contributed by atoms with E-state index >= 15 is 0 Å². The predicted molar refractivity (Wildman–Crippen MR) is 82.4 cm³/mol. The van der Waals surface area contributed by atoms with Crippen molar-refractivity contribution in [1.82, 2.24) is 0 Å². The molecule has 0 saturated heterocycles. The molecule has 0 aliphatic rings. The normalized spacial score (nSPS) is 13.2. The van der Waals surface area contributed by atoms with Gasteiger partial charge in [-0.05, 0) is 22.2 Å². The summed E-state index contributed by atoms with van der Waals surface area (Å²) in [7, 11) is -1.79. The molecule has 0 aliphatic carbocycles. The minimum absolute atomic E-state index is 0.0557. The van der Waals surface area contributed by atoms with Crippen LogP contribution in [0.25, 0.3) is 0 Å². The molecule has 0 bridgehead atoms. The first-order chi connectivity index (χ1) is 8.28. The van der Waals surface area contributed by atoms with Crippen LogP contribution in [0.15, 0.2) is 24.3 Å². The lowest BCUT2D eigenvalue weighted by molar-refractivity contribution is 0.310. The van der Waals surface area contributed by atoms with Crippen molar-refractivity contribution in [2.75, 3.05) is 13.2 Å². The lowest BCUT2D eigenvalue weighted by Crippen LogP contribution is -2.48. The molecule has 3 heteroatoms. The molecule has 0 amide bonds. The van der Waals surface area contributed by atoms with Crippen molar-refractivity contribution in [2.24, 2.45) is 0 Å². The Morgan fingerprint density at radius 3 is 1.89 bits per heavy atom. The third-order valence-electron chi connectivity index (χ3n) is 3.67. The van der Waals surface area contributed by atoms with Crippen LogP contribution in [0.5, 0.6) is 0 Å². The van der Waals surface area contributed by atoms with Crippen LogP contribution in [0, 0.1) is 0 Å². The lowest BCUT2D eigenvalue weighted by atomic mass is 10.3. The van der Waals surface area contributed by atoms with Crippen LogP contribution in [0.4, 0.5) is 0 Å². The summed E-state index contributed by atoms with van der Waals surface area (Å²) in [6, 6.07) is 0. The molecular weight excluding hydrogens is 240 g/mol. The van der Waals surface area contributed by atoms with E-state index in [0.717, 1.165) is 5.57 Å². The van der Waals surface area contributed by atoms with Gasteiger partial charge < -0.3 is 9.53 Å². The van der Waals surface area contributed by atoms with Crippen molar-refractivity contribution >= 4 is 8.32 Å². The SMILES string of the molecule is C=C(/C=C/CO)CO[Si](C(C)C)(C(C)C)C(C)C. The fraction of sp³-hybridized carbons (Fsp3) is 0.733. The molecule has 0 heterocycles. The number of rotatable bonds is 8. The van der Waals surface area contributed by atoms with E-state index in [1.807, 2.05) is 6.08 Å². The van der Waals surface area contributed by atoms with Gasteiger partial charge in [0.05, 0.1) is 13.2 Å². The highest BCUT2D eigenvalue weighted by molar-refractivity contribution is 6.77. The molecule has 0 unspecified atom stereocenters. The van der Waals surface area contributed by atoms with Gasteiger partial charge in [0.15, 0.2) is 0 Å². The topological polar surface area (TPSA) is 29.5 Å². The van der Waals surface area contributed by atoms with Gasteiger partial charge in [-0.15, -0.1) is 0 Å². The molecule has 0 rings (SSSR count). The molecule has 0 radical (unpaired) electrons. The van der Waals surface area contributed by atoms with Crippen LogP contribution in [-0.4, -0.2) is 26.6 Å². The number of aliphatic hydroxyl groups is 1. The van der Waals surface area contributed by atoms with Crippen molar-refractivity contribution in [3.05, 3.63) is 24.3 Å². The average Bonchev–Trinajstić information content (AvgIpc) is 2.25. The van der Waals surface area contributed by atoms with Crippen LogP contribution in [0.2, 0.25) is 16.6 Å². The Balaban J connectivity index is 4.81. The molecule has 0 saturated carbocycles. The molecule has 0 aromatic heterocycles. The standard InChI is InChI=1S/C15H30O2Si/c1-12(2)18(13(3)4,14(5)6)17-11-15(7)9-8-10-16/h8-9,12-14,16H,7,10-11H2,1-6H3/b9-8+. The largest absolute Gasteiger partial charge is 0.412 e. The highest BCUT2D eigenvalue weighted by Crippen LogP contribution is 2.42. The zero-order valence-electron chi connectivity index (χ0n) is 12.9. The van der Waals surface area contributed by atoms with E-state index in [0.29, 0.717) is 23.2 Å². The van der Waals surface area contributed by atoms with Gasteiger partial charge in [-0.3, -0.25) is 0 Å². The minimum Gasteiger partial charge on any atom is -0.412 e. The molecule has 0 aliphatic heterocycles. The highest BCUT2D eigenvalue weighted by Gasteiger charge is 2.44. The van der Waals surface area contributed by atoms with Gasteiger partial charge in [-0.2, -0.15) is 0 Å². The second kappa shape index (κ2) is 7.92. The molecular formula is C15H30O2Si. The molecule has 18 heavy (non-hydrogen) atoms. The summed E-state index contributed by atoms with van der Waals surface area (Å²) >= 11 is 0. The molecule has 106 valence electrons.